The number of ether oxygens (including phenoxy) is 1. The normalized spacial score (nSPS) is 29.5. The van der Waals surface area contributed by atoms with Crippen molar-refractivity contribution in [2.75, 3.05) is 12.0 Å². The molecule has 1 N–H and O–H groups in total. The number of amides is 1. The number of carbonyl (C=O) groups excluding carboxylic acids is 1. The summed E-state index contributed by atoms with van der Waals surface area (Å²) in [6, 6.07) is 1.83. The molecule has 0 aromatic rings. The Hall–Kier alpha value is -0.420. The van der Waals surface area contributed by atoms with E-state index in [0.29, 0.717) is 24.2 Å². The molecular weight excluding hydrogens is 296 g/mol. The van der Waals surface area contributed by atoms with Crippen LogP contribution >= 0.6 is 11.8 Å². The highest BCUT2D eigenvalue weighted by molar-refractivity contribution is 7.98. The molecule has 0 radical (unpaired) electrons. The standard InChI is InChI=1S/C17H32N2O2S/c1-12(8-9-22-5)18-13-10-14-6-7-15(11-13)19(14)16(20)21-17(2,3)4/h12-15,18H,6-11H2,1-5H3. The van der Waals surface area contributed by atoms with Crippen LogP contribution in [-0.2, 0) is 4.74 Å². The average Bonchev–Trinajstić information content (AvgIpc) is 2.66. The average molecular weight is 329 g/mol. The number of rotatable bonds is 5. The molecule has 2 aliphatic rings. The van der Waals surface area contributed by atoms with Gasteiger partial charge in [0.05, 0.1) is 0 Å². The number of nitrogens with zero attached hydrogens (tertiary/aromatic N) is 1. The van der Waals surface area contributed by atoms with Gasteiger partial charge in [-0.25, -0.2) is 4.79 Å². The van der Waals surface area contributed by atoms with Gasteiger partial charge < -0.3 is 15.0 Å². The van der Waals surface area contributed by atoms with Crippen molar-refractivity contribution in [1.82, 2.24) is 10.2 Å². The molecule has 2 fully saturated rings. The van der Waals surface area contributed by atoms with E-state index < -0.39 is 5.60 Å². The first kappa shape index (κ1) is 17.9. The van der Waals surface area contributed by atoms with Gasteiger partial charge in [-0.1, -0.05) is 0 Å². The van der Waals surface area contributed by atoms with E-state index in [1.54, 1.807) is 0 Å². The summed E-state index contributed by atoms with van der Waals surface area (Å²) in [6.07, 6.45) is 7.64. The van der Waals surface area contributed by atoms with Crippen molar-refractivity contribution in [1.29, 1.82) is 0 Å². The predicted octanol–water partition coefficient (Wildman–Crippen LogP) is 3.65. The highest BCUT2D eigenvalue weighted by Gasteiger charge is 2.44. The molecule has 2 rings (SSSR count). The molecule has 0 aliphatic carbocycles. The monoisotopic (exact) mass is 328 g/mol. The molecule has 3 unspecified atom stereocenters. The van der Waals surface area contributed by atoms with Gasteiger partial charge in [-0.3, -0.25) is 0 Å². The molecule has 128 valence electrons. The van der Waals surface area contributed by atoms with Crippen molar-refractivity contribution < 1.29 is 9.53 Å². The lowest BCUT2D eigenvalue weighted by Crippen LogP contribution is -2.53. The summed E-state index contributed by atoms with van der Waals surface area (Å²) in [5, 5.41) is 3.77. The highest BCUT2D eigenvalue weighted by Crippen LogP contribution is 2.37. The van der Waals surface area contributed by atoms with E-state index in [9.17, 15) is 4.79 Å². The minimum absolute atomic E-state index is 0.117. The lowest BCUT2D eigenvalue weighted by atomic mass is 9.97. The van der Waals surface area contributed by atoms with Crippen molar-refractivity contribution in [2.45, 2.75) is 89.6 Å². The first-order valence-electron chi connectivity index (χ1n) is 8.56. The van der Waals surface area contributed by atoms with E-state index in [1.165, 1.54) is 12.2 Å². The zero-order valence-corrected chi connectivity index (χ0v) is 15.5. The molecule has 0 aromatic heterocycles. The molecule has 0 aromatic carbocycles. The van der Waals surface area contributed by atoms with E-state index >= 15 is 0 Å². The maximum Gasteiger partial charge on any atom is 0.410 e. The molecule has 22 heavy (non-hydrogen) atoms. The SMILES string of the molecule is CSCCC(C)NC1CC2CCC(C1)N2C(=O)OC(C)(C)C. The molecule has 2 aliphatic heterocycles. The number of carbonyl (C=O) groups is 1. The smallest absolute Gasteiger partial charge is 0.410 e. The molecule has 2 heterocycles. The van der Waals surface area contributed by atoms with Gasteiger partial charge in [0.15, 0.2) is 0 Å². The number of thioether (sulfide) groups is 1. The Morgan fingerprint density at radius 1 is 1.32 bits per heavy atom. The number of hydrogen-bond acceptors (Lipinski definition) is 4. The van der Waals surface area contributed by atoms with Crippen LogP contribution in [0.15, 0.2) is 0 Å². The van der Waals surface area contributed by atoms with Crippen LogP contribution in [0.4, 0.5) is 4.79 Å². The van der Waals surface area contributed by atoms with Gasteiger partial charge in [0, 0.05) is 24.2 Å². The summed E-state index contributed by atoms with van der Waals surface area (Å²) in [4.78, 5) is 14.4. The molecular formula is C17H32N2O2S. The van der Waals surface area contributed by atoms with Crippen molar-refractivity contribution in [3.63, 3.8) is 0 Å². The molecule has 0 saturated carbocycles. The Balaban J connectivity index is 1.87. The first-order chi connectivity index (χ1) is 10.3. The van der Waals surface area contributed by atoms with Gasteiger partial charge in [0.25, 0.3) is 0 Å². The summed E-state index contributed by atoms with van der Waals surface area (Å²) >= 11 is 1.91. The van der Waals surface area contributed by atoms with E-state index in [4.69, 9.17) is 4.74 Å². The quantitative estimate of drug-likeness (QED) is 0.836. The van der Waals surface area contributed by atoms with Crippen LogP contribution in [0.3, 0.4) is 0 Å². The maximum absolute atomic E-state index is 12.4. The van der Waals surface area contributed by atoms with Crippen LogP contribution in [0.25, 0.3) is 0 Å². The van der Waals surface area contributed by atoms with Crippen molar-refractivity contribution in [2.24, 2.45) is 0 Å². The fraction of sp³-hybridized carbons (Fsp3) is 0.941. The molecule has 2 saturated heterocycles. The zero-order chi connectivity index (χ0) is 16.3. The predicted molar refractivity (Wildman–Crippen MR) is 93.5 cm³/mol. The summed E-state index contributed by atoms with van der Waals surface area (Å²) in [5.74, 6) is 1.21. The van der Waals surface area contributed by atoms with Crippen molar-refractivity contribution in [3.05, 3.63) is 0 Å². The van der Waals surface area contributed by atoms with Crippen LogP contribution in [0.5, 0.6) is 0 Å². The van der Waals surface area contributed by atoms with E-state index in [0.717, 1.165) is 25.7 Å². The van der Waals surface area contributed by atoms with Gasteiger partial charge in [0.2, 0.25) is 0 Å². The summed E-state index contributed by atoms with van der Waals surface area (Å²) in [5.41, 5.74) is -0.405. The number of hydrogen-bond donors (Lipinski definition) is 1. The van der Waals surface area contributed by atoms with Crippen LogP contribution in [0.2, 0.25) is 0 Å². The lowest BCUT2D eigenvalue weighted by Gasteiger charge is -2.40. The first-order valence-corrected chi connectivity index (χ1v) is 9.96. The molecule has 4 nitrogen and oxygen atoms in total. The summed E-state index contributed by atoms with van der Waals surface area (Å²) in [6.45, 7) is 8.09. The number of piperidine rings is 1. The second-order valence-electron chi connectivity index (χ2n) is 7.79. The second kappa shape index (κ2) is 7.43. The molecule has 2 bridgehead atoms. The Morgan fingerprint density at radius 3 is 2.41 bits per heavy atom. The fourth-order valence-electron chi connectivity index (χ4n) is 3.71. The van der Waals surface area contributed by atoms with E-state index in [1.807, 2.05) is 37.4 Å². The van der Waals surface area contributed by atoms with Gasteiger partial charge in [-0.05, 0) is 71.8 Å². The number of nitrogens with one attached hydrogen (secondary N) is 1. The molecule has 1 amide bonds. The van der Waals surface area contributed by atoms with Gasteiger partial charge in [-0.2, -0.15) is 11.8 Å². The Bertz CT molecular complexity index is 369. The van der Waals surface area contributed by atoms with E-state index in [2.05, 4.69) is 18.5 Å². The molecule has 3 atom stereocenters. The van der Waals surface area contributed by atoms with Crippen LogP contribution < -0.4 is 5.32 Å². The largest absolute Gasteiger partial charge is 0.444 e. The van der Waals surface area contributed by atoms with Gasteiger partial charge in [-0.15, -0.1) is 0 Å². The molecule has 0 spiro atoms. The Labute approximate surface area is 139 Å². The number of fused-ring (bicyclic) bond motifs is 2. The fourth-order valence-corrected chi connectivity index (χ4v) is 4.30. The lowest BCUT2D eigenvalue weighted by molar-refractivity contribution is 0.00436. The summed E-state index contributed by atoms with van der Waals surface area (Å²) < 4.78 is 5.59. The summed E-state index contributed by atoms with van der Waals surface area (Å²) in [7, 11) is 0. The van der Waals surface area contributed by atoms with Crippen LogP contribution in [0, 0.1) is 0 Å². The van der Waals surface area contributed by atoms with Crippen LogP contribution in [-0.4, -0.2) is 52.8 Å². The van der Waals surface area contributed by atoms with Gasteiger partial charge >= 0.3 is 6.09 Å². The van der Waals surface area contributed by atoms with Gasteiger partial charge in [0.1, 0.15) is 5.60 Å². The van der Waals surface area contributed by atoms with Crippen molar-refractivity contribution >= 4 is 17.9 Å². The third kappa shape index (κ3) is 4.79. The molecule has 5 heteroatoms. The maximum atomic E-state index is 12.4. The minimum atomic E-state index is -0.405. The zero-order valence-electron chi connectivity index (χ0n) is 14.7. The van der Waals surface area contributed by atoms with Crippen molar-refractivity contribution in [3.8, 4) is 0 Å². The third-order valence-electron chi connectivity index (χ3n) is 4.61. The Morgan fingerprint density at radius 2 is 1.91 bits per heavy atom. The second-order valence-corrected chi connectivity index (χ2v) is 8.78. The Kier molecular flexibility index (Phi) is 6.06. The third-order valence-corrected chi connectivity index (χ3v) is 5.26. The van der Waals surface area contributed by atoms with E-state index in [-0.39, 0.29) is 6.09 Å². The minimum Gasteiger partial charge on any atom is -0.444 e. The van der Waals surface area contributed by atoms with Crippen LogP contribution in [0.1, 0.15) is 59.8 Å². The topological polar surface area (TPSA) is 41.6 Å². The highest BCUT2D eigenvalue weighted by atomic mass is 32.2.